The van der Waals surface area contributed by atoms with E-state index >= 15 is 0 Å². The Hall–Kier alpha value is -1.79. The molecule has 2 aromatic rings. The summed E-state index contributed by atoms with van der Waals surface area (Å²) in [4.78, 5) is 17.6. The zero-order chi connectivity index (χ0) is 22.4. The van der Waals surface area contributed by atoms with Crippen LogP contribution in [0.1, 0.15) is 29.8 Å². The van der Waals surface area contributed by atoms with E-state index in [1.54, 1.807) is 19.2 Å². The van der Waals surface area contributed by atoms with Crippen molar-refractivity contribution in [2.75, 3.05) is 39.8 Å². The second-order valence-electron chi connectivity index (χ2n) is 8.38. The number of benzene rings is 2. The first-order chi connectivity index (χ1) is 14.9. The Bertz CT molecular complexity index is 866. The third-order valence-electron chi connectivity index (χ3n) is 5.78. The molecule has 0 radical (unpaired) electrons. The van der Waals surface area contributed by atoms with Crippen molar-refractivity contribution in [3.05, 3.63) is 63.6 Å². The number of carbonyl (C=O) groups excluding carboxylic acids is 1. The number of piperazine rings is 1. The molecule has 1 heterocycles. The van der Waals surface area contributed by atoms with Crippen LogP contribution in [0.5, 0.6) is 5.75 Å². The molecule has 168 valence electrons. The van der Waals surface area contributed by atoms with Gasteiger partial charge in [0.2, 0.25) is 0 Å². The Morgan fingerprint density at radius 2 is 1.65 bits per heavy atom. The Kier molecular flexibility index (Phi) is 8.61. The number of rotatable bonds is 8. The maximum absolute atomic E-state index is 12.7. The van der Waals surface area contributed by atoms with Gasteiger partial charge in [-0.25, -0.2) is 0 Å². The number of nitrogens with one attached hydrogen (secondary N) is 1. The summed E-state index contributed by atoms with van der Waals surface area (Å²) in [6.07, 6.45) is 0. The fourth-order valence-corrected chi connectivity index (χ4v) is 4.04. The summed E-state index contributed by atoms with van der Waals surface area (Å²) in [7, 11) is 1.62. The molecular weight excluding hydrogens is 433 g/mol. The van der Waals surface area contributed by atoms with Gasteiger partial charge in [-0.2, -0.15) is 0 Å². The minimum Gasteiger partial charge on any atom is -0.497 e. The fraction of sp³-hybridized carbons (Fsp3) is 0.458. The van der Waals surface area contributed by atoms with Crippen LogP contribution in [0.4, 0.5) is 0 Å². The van der Waals surface area contributed by atoms with Crippen LogP contribution >= 0.6 is 23.2 Å². The third-order valence-corrected chi connectivity index (χ3v) is 6.52. The van der Waals surface area contributed by atoms with Crippen molar-refractivity contribution in [2.24, 2.45) is 5.92 Å². The number of hydrogen-bond donors (Lipinski definition) is 1. The van der Waals surface area contributed by atoms with Gasteiger partial charge in [0.15, 0.2) is 0 Å². The van der Waals surface area contributed by atoms with Gasteiger partial charge < -0.3 is 10.1 Å². The van der Waals surface area contributed by atoms with Crippen LogP contribution in [0, 0.1) is 5.92 Å². The molecule has 1 saturated heterocycles. The number of amides is 1. The number of methoxy groups -OCH3 is 1. The summed E-state index contributed by atoms with van der Waals surface area (Å²) < 4.78 is 5.17. The standard InChI is InChI=1S/C24H31Cl2N3O2/c1-17(2)23(27-24(30)19-5-7-20(31-3)8-6-19)16-29-12-10-28(11-13-29)15-18-4-9-21(25)22(26)14-18/h4-9,14,17,23H,10-13,15-16H2,1-3H3,(H,27,30)/t23-/m1/s1. The average molecular weight is 464 g/mol. The lowest BCUT2D eigenvalue weighted by Gasteiger charge is -2.37. The maximum atomic E-state index is 12.7. The molecule has 3 rings (SSSR count). The van der Waals surface area contributed by atoms with Crippen molar-refractivity contribution in [3.8, 4) is 5.75 Å². The molecule has 0 aliphatic carbocycles. The highest BCUT2D eigenvalue weighted by atomic mass is 35.5. The molecule has 2 aromatic carbocycles. The van der Waals surface area contributed by atoms with Crippen molar-refractivity contribution >= 4 is 29.1 Å². The zero-order valence-electron chi connectivity index (χ0n) is 18.4. The largest absolute Gasteiger partial charge is 0.497 e. The zero-order valence-corrected chi connectivity index (χ0v) is 19.9. The number of nitrogens with zero attached hydrogens (tertiary/aromatic N) is 2. The Morgan fingerprint density at radius 1 is 1.00 bits per heavy atom. The number of carbonyl (C=O) groups is 1. The molecule has 0 bridgehead atoms. The van der Waals surface area contributed by atoms with Crippen molar-refractivity contribution < 1.29 is 9.53 Å². The first-order valence-electron chi connectivity index (χ1n) is 10.7. The highest BCUT2D eigenvalue weighted by Crippen LogP contribution is 2.23. The molecule has 1 aliphatic heterocycles. The van der Waals surface area contributed by atoms with E-state index in [0.29, 0.717) is 21.5 Å². The van der Waals surface area contributed by atoms with E-state index in [9.17, 15) is 4.79 Å². The lowest BCUT2D eigenvalue weighted by molar-refractivity contribution is 0.0862. The smallest absolute Gasteiger partial charge is 0.251 e. The number of ether oxygens (including phenoxy) is 1. The first kappa shape index (κ1) is 23.9. The van der Waals surface area contributed by atoms with E-state index in [4.69, 9.17) is 27.9 Å². The first-order valence-corrected chi connectivity index (χ1v) is 11.4. The minimum atomic E-state index is -0.0420. The Labute approximate surface area is 195 Å². The average Bonchev–Trinajstić information content (AvgIpc) is 2.77. The highest BCUT2D eigenvalue weighted by molar-refractivity contribution is 6.42. The van der Waals surface area contributed by atoms with Gasteiger partial charge in [-0.1, -0.05) is 43.1 Å². The third kappa shape index (κ3) is 6.84. The topological polar surface area (TPSA) is 44.8 Å². The molecular formula is C24H31Cl2N3O2. The van der Waals surface area contributed by atoms with Gasteiger partial charge in [-0.3, -0.25) is 14.6 Å². The van der Waals surface area contributed by atoms with E-state index in [2.05, 4.69) is 29.0 Å². The van der Waals surface area contributed by atoms with E-state index in [-0.39, 0.29) is 11.9 Å². The van der Waals surface area contributed by atoms with Gasteiger partial charge in [0, 0.05) is 50.9 Å². The van der Waals surface area contributed by atoms with E-state index in [1.807, 2.05) is 30.3 Å². The molecule has 31 heavy (non-hydrogen) atoms. The molecule has 5 nitrogen and oxygen atoms in total. The summed E-state index contributed by atoms with van der Waals surface area (Å²) in [6, 6.07) is 13.1. The number of halogens is 2. The van der Waals surface area contributed by atoms with Crippen LogP contribution < -0.4 is 10.1 Å². The molecule has 0 unspecified atom stereocenters. The summed E-state index contributed by atoms with van der Waals surface area (Å²) in [6.45, 7) is 9.94. The lowest BCUT2D eigenvalue weighted by atomic mass is 10.0. The van der Waals surface area contributed by atoms with Crippen molar-refractivity contribution in [3.63, 3.8) is 0 Å². The van der Waals surface area contributed by atoms with Gasteiger partial charge >= 0.3 is 0 Å². The molecule has 1 fully saturated rings. The molecule has 1 N–H and O–H groups in total. The van der Waals surface area contributed by atoms with E-state index in [0.717, 1.165) is 45.0 Å². The van der Waals surface area contributed by atoms with Crippen LogP contribution in [0.15, 0.2) is 42.5 Å². The van der Waals surface area contributed by atoms with Crippen LogP contribution in [0.2, 0.25) is 10.0 Å². The van der Waals surface area contributed by atoms with Crippen LogP contribution in [0.25, 0.3) is 0 Å². The molecule has 1 amide bonds. The van der Waals surface area contributed by atoms with Crippen molar-refractivity contribution in [1.82, 2.24) is 15.1 Å². The summed E-state index contributed by atoms with van der Waals surface area (Å²) in [5.41, 5.74) is 1.83. The predicted octanol–water partition coefficient (Wildman–Crippen LogP) is 4.57. The normalized spacial score (nSPS) is 16.3. The van der Waals surface area contributed by atoms with E-state index in [1.165, 1.54) is 5.56 Å². The van der Waals surface area contributed by atoms with E-state index < -0.39 is 0 Å². The summed E-state index contributed by atoms with van der Waals surface area (Å²) in [5.74, 6) is 1.05. The molecule has 0 spiro atoms. The highest BCUT2D eigenvalue weighted by Gasteiger charge is 2.23. The number of hydrogen-bond acceptors (Lipinski definition) is 4. The maximum Gasteiger partial charge on any atom is 0.251 e. The minimum absolute atomic E-state index is 0.0420. The van der Waals surface area contributed by atoms with Gasteiger partial charge in [0.25, 0.3) is 5.91 Å². The predicted molar refractivity (Wildman–Crippen MR) is 127 cm³/mol. The molecule has 0 saturated carbocycles. The van der Waals surface area contributed by atoms with Gasteiger partial charge in [0.1, 0.15) is 5.75 Å². The lowest BCUT2D eigenvalue weighted by Crippen LogP contribution is -2.52. The van der Waals surface area contributed by atoms with Crippen LogP contribution in [-0.4, -0.2) is 61.6 Å². The molecule has 1 atom stereocenters. The second kappa shape index (κ2) is 11.2. The SMILES string of the molecule is COc1ccc(C(=O)N[C@H](CN2CCN(Cc3ccc(Cl)c(Cl)c3)CC2)C(C)C)cc1. The monoisotopic (exact) mass is 463 g/mol. The fourth-order valence-electron chi connectivity index (χ4n) is 3.72. The van der Waals surface area contributed by atoms with Crippen molar-refractivity contribution in [2.45, 2.75) is 26.4 Å². The molecule has 7 heteroatoms. The van der Waals surface area contributed by atoms with Gasteiger partial charge in [0.05, 0.1) is 17.2 Å². The quantitative estimate of drug-likeness (QED) is 0.622. The Balaban J connectivity index is 1.50. The van der Waals surface area contributed by atoms with Crippen LogP contribution in [-0.2, 0) is 6.54 Å². The Morgan fingerprint density at radius 3 is 2.23 bits per heavy atom. The van der Waals surface area contributed by atoms with Crippen LogP contribution in [0.3, 0.4) is 0 Å². The summed E-state index contributed by atoms with van der Waals surface area (Å²) in [5, 5.41) is 4.41. The molecule has 1 aliphatic rings. The molecule has 0 aromatic heterocycles. The van der Waals surface area contributed by atoms with Crippen molar-refractivity contribution in [1.29, 1.82) is 0 Å². The van der Waals surface area contributed by atoms with Gasteiger partial charge in [-0.15, -0.1) is 0 Å². The van der Waals surface area contributed by atoms with Gasteiger partial charge in [-0.05, 0) is 47.9 Å². The second-order valence-corrected chi connectivity index (χ2v) is 9.19. The summed E-state index contributed by atoms with van der Waals surface area (Å²) >= 11 is 12.2.